The predicted octanol–water partition coefficient (Wildman–Crippen LogP) is 7.11. The van der Waals surface area contributed by atoms with Gasteiger partial charge in [0.05, 0.1) is 6.10 Å². The molecule has 0 saturated carbocycles. The van der Waals surface area contributed by atoms with Gasteiger partial charge in [-0.2, -0.15) is 18.2 Å². The Morgan fingerprint density at radius 3 is 2.38 bits per heavy atom. The van der Waals surface area contributed by atoms with Gasteiger partial charge in [0.2, 0.25) is 5.95 Å². The van der Waals surface area contributed by atoms with E-state index in [1.54, 1.807) is 36.4 Å². The number of alkyl halides is 3. The fourth-order valence-electron chi connectivity index (χ4n) is 3.12. The van der Waals surface area contributed by atoms with E-state index < -0.39 is 11.7 Å². The third-order valence-electron chi connectivity index (χ3n) is 4.65. The molecule has 0 unspecified atom stereocenters. The molecule has 32 heavy (non-hydrogen) atoms. The Morgan fingerprint density at radius 2 is 1.72 bits per heavy atom. The highest BCUT2D eigenvalue weighted by Crippen LogP contribution is 2.36. The first-order valence-electron chi connectivity index (χ1n) is 10.6. The van der Waals surface area contributed by atoms with Gasteiger partial charge in [-0.05, 0) is 62.6 Å². The molecule has 0 fully saturated rings. The Hall–Kier alpha value is -3.29. The van der Waals surface area contributed by atoms with Gasteiger partial charge in [-0.25, -0.2) is 4.98 Å². The Kier molecular flexibility index (Phi) is 7.56. The molecule has 0 spiro atoms. The van der Waals surface area contributed by atoms with Crippen molar-refractivity contribution in [3.63, 3.8) is 0 Å². The molecule has 3 rings (SSSR count). The number of para-hydroxylation sites is 1. The molecule has 0 radical (unpaired) electrons. The summed E-state index contributed by atoms with van der Waals surface area (Å²) in [6.45, 7) is 5.93. The lowest BCUT2D eigenvalue weighted by molar-refractivity contribution is -0.137. The highest BCUT2D eigenvalue weighted by atomic mass is 19.4. The second-order valence-electron chi connectivity index (χ2n) is 7.66. The topological polar surface area (TPSA) is 59.1 Å². The van der Waals surface area contributed by atoms with Crippen LogP contribution in [0.5, 0.6) is 5.75 Å². The average molecular weight is 445 g/mol. The van der Waals surface area contributed by atoms with Crippen molar-refractivity contribution >= 4 is 23.1 Å². The molecule has 1 heterocycles. The lowest BCUT2D eigenvalue weighted by atomic mass is 10.1. The molecular weight excluding hydrogens is 417 g/mol. The van der Waals surface area contributed by atoms with Gasteiger partial charge in [-0.3, -0.25) is 0 Å². The maximum atomic E-state index is 13.6. The van der Waals surface area contributed by atoms with Gasteiger partial charge in [0.25, 0.3) is 0 Å². The summed E-state index contributed by atoms with van der Waals surface area (Å²) in [5.41, 5.74) is 1.26. The van der Waals surface area contributed by atoms with Crippen LogP contribution < -0.4 is 15.4 Å². The number of aromatic nitrogens is 2. The minimum Gasteiger partial charge on any atom is -0.491 e. The number of aryl methyl sites for hydroxylation is 1. The number of nitrogens with one attached hydrogen (secondary N) is 2. The number of halogens is 3. The van der Waals surface area contributed by atoms with E-state index in [2.05, 4.69) is 27.5 Å². The smallest absolute Gasteiger partial charge is 0.421 e. The summed E-state index contributed by atoms with van der Waals surface area (Å²) in [7, 11) is 0. The molecule has 0 aliphatic carbocycles. The average Bonchev–Trinajstić information content (AvgIpc) is 2.73. The van der Waals surface area contributed by atoms with Crippen molar-refractivity contribution < 1.29 is 17.9 Å². The summed E-state index contributed by atoms with van der Waals surface area (Å²) < 4.78 is 46.4. The van der Waals surface area contributed by atoms with Gasteiger partial charge in [0, 0.05) is 17.6 Å². The van der Waals surface area contributed by atoms with Crippen molar-refractivity contribution in [2.24, 2.45) is 0 Å². The van der Waals surface area contributed by atoms with Crippen molar-refractivity contribution in [2.75, 3.05) is 10.6 Å². The molecule has 0 aliphatic rings. The molecule has 2 aromatic carbocycles. The Balaban J connectivity index is 1.88. The number of nitrogens with zero attached hydrogens (tertiary/aromatic N) is 2. The van der Waals surface area contributed by atoms with E-state index in [4.69, 9.17) is 4.74 Å². The number of benzene rings is 2. The summed E-state index contributed by atoms with van der Waals surface area (Å²) >= 11 is 0. The van der Waals surface area contributed by atoms with Crippen molar-refractivity contribution in [1.82, 2.24) is 9.97 Å². The zero-order chi connectivity index (χ0) is 23.1. The lowest BCUT2D eigenvalue weighted by Crippen LogP contribution is -2.13. The maximum absolute atomic E-state index is 13.6. The van der Waals surface area contributed by atoms with Crippen LogP contribution in [0.3, 0.4) is 0 Å². The molecule has 0 aliphatic heterocycles. The highest BCUT2D eigenvalue weighted by molar-refractivity contribution is 5.65. The summed E-state index contributed by atoms with van der Waals surface area (Å²) in [6.07, 6.45) is -1.05. The number of rotatable bonds is 9. The largest absolute Gasteiger partial charge is 0.491 e. The number of hydrogen-bond donors (Lipinski definition) is 2. The van der Waals surface area contributed by atoms with Gasteiger partial charge in [-0.15, -0.1) is 0 Å². The number of anilines is 4. The Morgan fingerprint density at radius 1 is 1.00 bits per heavy atom. The van der Waals surface area contributed by atoms with Gasteiger partial charge in [0.1, 0.15) is 17.1 Å². The summed E-state index contributed by atoms with van der Waals surface area (Å²) in [4.78, 5) is 8.01. The van der Waals surface area contributed by atoms with E-state index >= 15 is 0 Å². The number of ether oxygens (including phenoxy) is 1. The van der Waals surface area contributed by atoms with Crippen LogP contribution in [-0.4, -0.2) is 16.1 Å². The molecule has 8 heteroatoms. The third-order valence-corrected chi connectivity index (χ3v) is 4.65. The summed E-state index contributed by atoms with van der Waals surface area (Å²) in [6, 6.07) is 14.4. The zero-order valence-corrected chi connectivity index (χ0v) is 18.3. The molecule has 0 atom stereocenters. The quantitative estimate of drug-likeness (QED) is 0.368. The van der Waals surface area contributed by atoms with Crippen molar-refractivity contribution in [3.8, 4) is 5.75 Å². The SMILES string of the molecule is CCCCc1ccccc1Nc1nc(Nc2ccc(OC(C)C)cc2)ncc1C(F)(F)F. The predicted molar refractivity (Wildman–Crippen MR) is 121 cm³/mol. The molecular formula is C24H27F3N4O. The highest BCUT2D eigenvalue weighted by Gasteiger charge is 2.35. The van der Waals surface area contributed by atoms with Crippen LogP contribution in [0.2, 0.25) is 0 Å². The summed E-state index contributed by atoms with van der Waals surface area (Å²) in [5.74, 6) is 0.465. The number of unbranched alkanes of at least 4 members (excludes halogenated alkanes) is 1. The Labute approximate surface area is 186 Å². The third kappa shape index (κ3) is 6.35. The normalized spacial score (nSPS) is 11.5. The maximum Gasteiger partial charge on any atom is 0.421 e. The minimum absolute atomic E-state index is 0.0425. The first-order valence-corrected chi connectivity index (χ1v) is 10.6. The molecule has 170 valence electrons. The minimum atomic E-state index is -4.59. The lowest BCUT2D eigenvalue weighted by Gasteiger charge is -2.17. The van der Waals surface area contributed by atoms with Crippen molar-refractivity contribution in [1.29, 1.82) is 0 Å². The van der Waals surface area contributed by atoms with Crippen LogP contribution >= 0.6 is 0 Å². The van der Waals surface area contributed by atoms with Gasteiger partial charge in [0.15, 0.2) is 0 Å². The van der Waals surface area contributed by atoms with Crippen molar-refractivity contribution in [2.45, 2.75) is 52.3 Å². The van der Waals surface area contributed by atoms with E-state index in [0.717, 1.165) is 31.0 Å². The molecule has 0 saturated heterocycles. The molecule has 5 nitrogen and oxygen atoms in total. The second-order valence-corrected chi connectivity index (χ2v) is 7.66. The van der Waals surface area contributed by atoms with E-state index in [9.17, 15) is 13.2 Å². The van der Waals surface area contributed by atoms with Gasteiger partial charge in [-0.1, -0.05) is 31.5 Å². The fraction of sp³-hybridized carbons (Fsp3) is 0.333. The fourth-order valence-corrected chi connectivity index (χ4v) is 3.12. The van der Waals surface area contributed by atoms with Gasteiger partial charge >= 0.3 is 6.18 Å². The zero-order valence-electron chi connectivity index (χ0n) is 18.3. The van der Waals surface area contributed by atoms with Crippen LogP contribution in [0.15, 0.2) is 54.7 Å². The van der Waals surface area contributed by atoms with E-state index in [1.165, 1.54) is 0 Å². The number of hydrogen-bond acceptors (Lipinski definition) is 5. The van der Waals surface area contributed by atoms with Crippen LogP contribution in [-0.2, 0) is 12.6 Å². The molecule has 2 N–H and O–H groups in total. The standard InChI is InChI=1S/C24H27F3N4O/c1-4-5-8-17-9-6-7-10-21(17)30-22-20(24(25,26)27)15-28-23(31-22)29-18-11-13-19(14-12-18)32-16(2)3/h6-7,9-16H,4-5,8H2,1-3H3,(H2,28,29,30,31). The first kappa shape index (κ1) is 23.4. The van der Waals surface area contributed by atoms with E-state index in [1.807, 2.05) is 26.0 Å². The van der Waals surface area contributed by atoms with Crippen LogP contribution in [0.4, 0.5) is 36.3 Å². The van der Waals surface area contributed by atoms with E-state index in [-0.39, 0.29) is 17.9 Å². The van der Waals surface area contributed by atoms with Crippen LogP contribution in [0.1, 0.15) is 44.7 Å². The summed E-state index contributed by atoms with van der Waals surface area (Å²) in [5, 5.41) is 5.84. The van der Waals surface area contributed by atoms with Crippen LogP contribution in [0.25, 0.3) is 0 Å². The molecule has 0 bridgehead atoms. The second kappa shape index (κ2) is 10.3. The first-order chi connectivity index (χ1) is 15.3. The monoisotopic (exact) mass is 444 g/mol. The van der Waals surface area contributed by atoms with E-state index in [0.29, 0.717) is 17.1 Å². The molecule has 1 aromatic heterocycles. The van der Waals surface area contributed by atoms with Crippen LogP contribution in [0, 0.1) is 0 Å². The molecule has 3 aromatic rings. The van der Waals surface area contributed by atoms with Crippen molar-refractivity contribution in [3.05, 3.63) is 65.9 Å². The molecule has 0 amide bonds. The van der Waals surface area contributed by atoms with Gasteiger partial charge < -0.3 is 15.4 Å². The Bertz CT molecular complexity index is 1020.